The molecule has 1 heterocycles. The first-order valence-electron chi connectivity index (χ1n) is 7.54. The molecule has 1 aliphatic carbocycles. The van der Waals surface area contributed by atoms with Crippen LogP contribution in [0.15, 0.2) is 0 Å². The van der Waals surface area contributed by atoms with Crippen molar-refractivity contribution in [3.05, 3.63) is 0 Å². The maximum Gasteiger partial charge on any atom is 0.0468 e. The summed E-state index contributed by atoms with van der Waals surface area (Å²) in [6, 6.07) is 0. The molecule has 2 fully saturated rings. The van der Waals surface area contributed by atoms with Crippen molar-refractivity contribution in [2.45, 2.75) is 70.6 Å². The molecule has 0 aromatic rings. The molecule has 1 unspecified atom stereocenters. The van der Waals surface area contributed by atoms with Gasteiger partial charge in [0, 0.05) is 13.2 Å². The molecule has 0 bridgehead atoms. The average molecular weight is 224 g/mol. The van der Waals surface area contributed by atoms with Crippen LogP contribution in [0.1, 0.15) is 70.6 Å². The van der Waals surface area contributed by atoms with E-state index in [9.17, 15) is 0 Å². The van der Waals surface area contributed by atoms with Crippen LogP contribution in [0.5, 0.6) is 0 Å². The van der Waals surface area contributed by atoms with Gasteiger partial charge in [0.15, 0.2) is 0 Å². The van der Waals surface area contributed by atoms with Crippen molar-refractivity contribution in [2.75, 3.05) is 13.2 Å². The molecule has 0 radical (unpaired) electrons. The molecular weight excluding hydrogens is 196 g/mol. The Balaban J connectivity index is 1.81. The Morgan fingerprint density at radius 3 is 1.81 bits per heavy atom. The van der Waals surface area contributed by atoms with E-state index in [0.717, 1.165) is 25.0 Å². The smallest absolute Gasteiger partial charge is 0.0468 e. The maximum atomic E-state index is 5.65. The fourth-order valence-electron chi connectivity index (χ4n) is 3.52. The first-order chi connectivity index (χ1) is 7.97. The summed E-state index contributed by atoms with van der Waals surface area (Å²) >= 11 is 0. The summed E-state index contributed by atoms with van der Waals surface area (Å²) in [7, 11) is 0. The highest BCUT2D eigenvalue weighted by Crippen LogP contribution is 2.33. The van der Waals surface area contributed by atoms with Gasteiger partial charge in [-0.25, -0.2) is 0 Å². The Hall–Kier alpha value is -0.0400. The fourth-order valence-corrected chi connectivity index (χ4v) is 3.52. The van der Waals surface area contributed by atoms with Crippen LogP contribution in [-0.2, 0) is 4.74 Å². The zero-order valence-electron chi connectivity index (χ0n) is 10.8. The lowest BCUT2D eigenvalue weighted by atomic mass is 9.78. The zero-order valence-corrected chi connectivity index (χ0v) is 10.8. The van der Waals surface area contributed by atoms with Crippen LogP contribution in [0, 0.1) is 11.8 Å². The Labute approximate surface area is 101 Å². The van der Waals surface area contributed by atoms with Crippen LogP contribution < -0.4 is 0 Å². The largest absolute Gasteiger partial charge is 0.381 e. The van der Waals surface area contributed by atoms with E-state index in [1.54, 1.807) is 0 Å². The van der Waals surface area contributed by atoms with Crippen LogP contribution in [-0.4, -0.2) is 13.2 Å². The Morgan fingerprint density at radius 1 is 0.500 bits per heavy atom. The van der Waals surface area contributed by atoms with Crippen molar-refractivity contribution in [3.63, 3.8) is 0 Å². The summed E-state index contributed by atoms with van der Waals surface area (Å²) in [5.74, 6) is 2.01. The number of rotatable bonds is 1. The Bertz CT molecular complexity index is 142. The Kier molecular flexibility index (Phi) is 5.68. The summed E-state index contributed by atoms with van der Waals surface area (Å²) in [5, 5.41) is 0. The molecule has 1 atom stereocenters. The monoisotopic (exact) mass is 224 g/mol. The standard InChI is InChI=1S/C15H28O/c1-2-4-8-14(9-5-3-1)15-10-6-7-12-16-13-11-15/h14-15H,1-13H2. The molecular formula is C15H28O. The molecule has 2 rings (SSSR count). The van der Waals surface area contributed by atoms with Crippen LogP contribution >= 0.6 is 0 Å². The van der Waals surface area contributed by atoms with Gasteiger partial charge < -0.3 is 4.74 Å². The van der Waals surface area contributed by atoms with Gasteiger partial charge in [-0.2, -0.15) is 0 Å². The van der Waals surface area contributed by atoms with E-state index < -0.39 is 0 Å². The summed E-state index contributed by atoms with van der Waals surface area (Å²) in [6.07, 6.45) is 16.0. The van der Waals surface area contributed by atoms with Gasteiger partial charge >= 0.3 is 0 Å². The van der Waals surface area contributed by atoms with Crippen molar-refractivity contribution >= 4 is 0 Å². The number of hydrogen-bond acceptors (Lipinski definition) is 1. The van der Waals surface area contributed by atoms with Crippen molar-refractivity contribution < 1.29 is 4.74 Å². The van der Waals surface area contributed by atoms with Gasteiger partial charge in [-0.05, 0) is 24.7 Å². The van der Waals surface area contributed by atoms with E-state index in [2.05, 4.69) is 0 Å². The van der Waals surface area contributed by atoms with Gasteiger partial charge in [-0.3, -0.25) is 0 Å². The summed E-state index contributed by atoms with van der Waals surface area (Å²) in [5.41, 5.74) is 0. The quantitative estimate of drug-likeness (QED) is 0.634. The van der Waals surface area contributed by atoms with Gasteiger partial charge in [-0.15, -0.1) is 0 Å². The molecule has 16 heavy (non-hydrogen) atoms. The molecule has 1 aliphatic heterocycles. The third-order valence-corrected chi connectivity index (χ3v) is 4.56. The highest BCUT2D eigenvalue weighted by molar-refractivity contribution is 4.73. The molecule has 0 amide bonds. The average Bonchev–Trinajstić information content (AvgIpc) is 2.18. The normalized spacial score (nSPS) is 31.1. The second kappa shape index (κ2) is 7.32. The van der Waals surface area contributed by atoms with Gasteiger partial charge in [0.2, 0.25) is 0 Å². The van der Waals surface area contributed by atoms with Gasteiger partial charge in [0.25, 0.3) is 0 Å². The summed E-state index contributed by atoms with van der Waals surface area (Å²) in [6.45, 7) is 2.04. The highest BCUT2D eigenvalue weighted by Gasteiger charge is 2.22. The first-order valence-corrected chi connectivity index (χ1v) is 7.54. The molecule has 1 saturated carbocycles. The maximum absolute atomic E-state index is 5.65. The molecule has 0 aromatic carbocycles. The van der Waals surface area contributed by atoms with Crippen molar-refractivity contribution in [1.29, 1.82) is 0 Å². The molecule has 1 nitrogen and oxygen atoms in total. The lowest BCUT2D eigenvalue weighted by Gasteiger charge is -2.30. The molecule has 2 aliphatic rings. The zero-order chi connectivity index (χ0) is 11.1. The third kappa shape index (κ3) is 4.08. The lowest BCUT2D eigenvalue weighted by Crippen LogP contribution is -2.20. The molecule has 94 valence electrons. The van der Waals surface area contributed by atoms with Gasteiger partial charge in [-0.1, -0.05) is 57.8 Å². The topological polar surface area (TPSA) is 9.23 Å². The third-order valence-electron chi connectivity index (χ3n) is 4.56. The molecule has 0 aromatic heterocycles. The van der Waals surface area contributed by atoms with Crippen molar-refractivity contribution in [2.24, 2.45) is 11.8 Å². The van der Waals surface area contributed by atoms with Crippen LogP contribution in [0.25, 0.3) is 0 Å². The van der Waals surface area contributed by atoms with Crippen LogP contribution in [0.2, 0.25) is 0 Å². The van der Waals surface area contributed by atoms with Crippen molar-refractivity contribution in [1.82, 2.24) is 0 Å². The first kappa shape index (κ1) is 12.4. The highest BCUT2D eigenvalue weighted by atomic mass is 16.5. The Morgan fingerprint density at radius 2 is 1.06 bits per heavy atom. The molecule has 1 heteroatoms. The van der Waals surface area contributed by atoms with Gasteiger partial charge in [0.05, 0.1) is 0 Å². The summed E-state index contributed by atoms with van der Waals surface area (Å²) in [4.78, 5) is 0. The second-order valence-electron chi connectivity index (χ2n) is 5.76. The summed E-state index contributed by atoms with van der Waals surface area (Å²) < 4.78 is 5.65. The minimum absolute atomic E-state index is 0.985. The van der Waals surface area contributed by atoms with Gasteiger partial charge in [0.1, 0.15) is 0 Å². The van der Waals surface area contributed by atoms with E-state index in [-0.39, 0.29) is 0 Å². The van der Waals surface area contributed by atoms with Crippen LogP contribution in [0.4, 0.5) is 0 Å². The minimum Gasteiger partial charge on any atom is -0.381 e. The van der Waals surface area contributed by atoms with E-state index in [4.69, 9.17) is 4.74 Å². The molecule has 0 spiro atoms. The predicted octanol–water partition coefficient (Wildman–Crippen LogP) is 4.55. The predicted molar refractivity (Wildman–Crippen MR) is 68.6 cm³/mol. The van der Waals surface area contributed by atoms with E-state index >= 15 is 0 Å². The second-order valence-corrected chi connectivity index (χ2v) is 5.76. The SMILES string of the molecule is C1CCCC(C2CCCCOCC2)CCC1. The minimum atomic E-state index is 0.985. The lowest BCUT2D eigenvalue weighted by molar-refractivity contribution is 0.0818. The molecule has 1 saturated heterocycles. The van der Waals surface area contributed by atoms with E-state index in [1.165, 1.54) is 70.6 Å². The number of ether oxygens (including phenoxy) is 1. The fraction of sp³-hybridized carbons (Fsp3) is 1.00. The molecule has 0 N–H and O–H groups in total. The van der Waals surface area contributed by atoms with Crippen molar-refractivity contribution in [3.8, 4) is 0 Å². The van der Waals surface area contributed by atoms with Crippen LogP contribution in [0.3, 0.4) is 0 Å². The van der Waals surface area contributed by atoms with E-state index in [1.807, 2.05) is 0 Å². The number of hydrogen-bond donors (Lipinski definition) is 0. The van der Waals surface area contributed by atoms with E-state index in [0.29, 0.717) is 0 Å².